The Balaban J connectivity index is 1.66. The summed E-state index contributed by atoms with van der Waals surface area (Å²) >= 11 is 6.76. The van der Waals surface area contributed by atoms with Crippen LogP contribution in [0.2, 0.25) is 0 Å². The lowest BCUT2D eigenvalue weighted by atomic mass is 10.1. The van der Waals surface area contributed by atoms with E-state index in [-0.39, 0.29) is 5.69 Å². The number of benzene rings is 3. The van der Waals surface area contributed by atoms with Crippen molar-refractivity contribution >= 4 is 71.9 Å². The number of hydrogen-bond donors (Lipinski definition) is 3. The lowest BCUT2D eigenvalue weighted by Gasteiger charge is -2.14. The predicted molar refractivity (Wildman–Crippen MR) is 141 cm³/mol. The third-order valence-corrected chi connectivity index (χ3v) is 6.20. The molecule has 3 aromatic carbocycles. The van der Waals surface area contributed by atoms with E-state index in [1.807, 2.05) is 38.1 Å². The molecule has 0 bridgehead atoms. The third kappa shape index (κ3) is 5.05. The third-order valence-electron chi connectivity index (χ3n) is 5.22. The van der Waals surface area contributed by atoms with Gasteiger partial charge in [-0.25, -0.2) is 4.68 Å². The van der Waals surface area contributed by atoms with Gasteiger partial charge in [-0.2, -0.15) is 0 Å². The highest BCUT2D eigenvalue weighted by Gasteiger charge is 2.22. The summed E-state index contributed by atoms with van der Waals surface area (Å²) < 4.78 is 2.91. The normalized spacial score (nSPS) is 10.7. The Hall–Kier alpha value is -3.43. The molecule has 9 heteroatoms. The maximum Gasteiger partial charge on any atom is 0.328 e. The second-order valence-electron chi connectivity index (χ2n) is 7.69. The van der Waals surface area contributed by atoms with Crippen LogP contribution in [-0.4, -0.2) is 22.4 Å². The fraction of sp³-hybridized carbons (Fsp3) is 0.0800. The number of aromatic nitrogens is 1. The van der Waals surface area contributed by atoms with Crippen molar-refractivity contribution in [2.75, 3.05) is 16.1 Å². The van der Waals surface area contributed by atoms with E-state index in [0.29, 0.717) is 22.3 Å². The number of anilines is 2. The minimum absolute atomic E-state index is 0.180. The maximum atomic E-state index is 13.3. The van der Waals surface area contributed by atoms with Crippen molar-refractivity contribution in [3.63, 3.8) is 0 Å². The van der Waals surface area contributed by atoms with Crippen molar-refractivity contribution in [1.29, 1.82) is 0 Å². The number of fused-ring (bicyclic) bond motifs is 1. The summed E-state index contributed by atoms with van der Waals surface area (Å²) in [6.07, 6.45) is 0. The number of carbonyl (C=O) groups excluding carboxylic acids is 3. The van der Waals surface area contributed by atoms with Crippen LogP contribution in [0.25, 0.3) is 10.9 Å². The second kappa shape index (κ2) is 9.82. The molecule has 0 spiro atoms. The van der Waals surface area contributed by atoms with Crippen LogP contribution in [0.3, 0.4) is 0 Å². The molecule has 34 heavy (non-hydrogen) atoms. The summed E-state index contributed by atoms with van der Waals surface area (Å²) in [6.45, 7) is 3.81. The van der Waals surface area contributed by atoms with Crippen molar-refractivity contribution in [2.45, 2.75) is 13.8 Å². The number of hydrogen-bond acceptors (Lipinski definition) is 3. The highest BCUT2D eigenvalue weighted by molar-refractivity contribution is 9.10. The topological polar surface area (TPSA) is 92.2 Å². The van der Waals surface area contributed by atoms with E-state index in [2.05, 4.69) is 47.9 Å². The number of para-hydroxylation sites is 1. The van der Waals surface area contributed by atoms with Gasteiger partial charge in [-0.05, 0) is 67.4 Å². The molecule has 1 heterocycles. The molecular formula is C25H20Br2N4O3. The summed E-state index contributed by atoms with van der Waals surface area (Å²) in [4.78, 5) is 38.6. The van der Waals surface area contributed by atoms with Crippen LogP contribution in [0.1, 0.15) is 21.6 Å². The second-order valence-corrected chi connectivity index (χ2v) is 9.53. The van der Waals surface area contributed by atoms with Gasteiger partial charge in [-0.3, -0.25) is 19.8 Å². The Bertz CT molecular complexity index is 1430. The number of nitrogens with one attached hydrogen (secondary N) is 3. The zero-order valence-corrected chi connectivity index (χ0v) is 21.5. The van der Waals surface area contributed by atoms with Crippen LogP contribution >= 0.6 is 31.9 Å². The van der Waals surface area contributed by atoms with Gasteiger partial charge < -0.3 is 10.6 Å². The Labute approximate surface area is 212 Å². The number of aryl methyl sites for hydroxylation is 2. The standard InChI is InChI=1S/C25H20Br2N4O3/c1-14-5-3-6-15(2)22(14)29-23(32)21-12-16-11-18(27)9-10-20(16)31(21)30-25(34)24(33)28-19-8-4-7-17(26)13-19/h3-13H,1-2H3,(H,28,33)(H,29,32)(H,30,34). The molecular weight excluding hydrogens is 564 g/mol. The summed E-state index contributed by atoms with van der Waals surface area (Å²) in [5, 5.41) is 6.20. The minimum Gasteiger partial charge on any atom is -0.320 e. The van der Waals surface area contributed by atoms with E-state index in [1.165, 1.54) is 4.68 Å². The van der Waals surface area contributed by atoms with Gasteiger partial charge in [0, 0.05) is 25.7 Å². The molecule has 0 atom stereocenters. The van der Waals surface area contributed by atoms with Crippen molar-refractivity contribution < 1.29 is 14.4 Å². The molecule has 3 N–H and O–H groups in total. The Morgan fingerprint density at radius 2 is 1.44 bits per heavy atom. The van der Waals surface area contributed by atoms with Crippen molar-refractivity contribution in [1.82, 2.24) is 4.68 Å². The summed E-state index contributed by atoms with van der Waals surface area (Å²) in [6, 6.07) is 19.7. The summed E-state index contributed by atoms with van der Waals surface area (Å²) in [5.74, 6) is -2.20. The number of rotatable bonds is 4. The first-order chi connectivity index (χ1) is 16.2. The monoisotopic (exact) mass is 582 g/mol. The predicted octanol–water partition coefficient (Wildman–Crippen LogP) is 5.74. The average molecular weight is 584 g/mol. The first-order valence-electron chi connectivity index (χ1n) is 10.3. The number of carbonyl (C=O) groups is 3. The molecule has 0 aliphatic rings. The molecule has 0 unspecified atom stereocenters. The van der Waals surface area contributed by atoms with Crippen LogP contribution < -0.4 is 16.1 Å². The van der Waals surface area contributed by atoms with Gasteiger partial charge in [-0.15, -0.1) is 0 Å². The first kappa shape index (κ1) is 23.7. The molecule has 7 nitrogen and oxygen atoms in total. The highest BCUT2D eigenvalue weighted by Crippen LogP contribution is 2.25. The van der Waals surface area contributed by atoms with Crippen LogP contribution in [-0.2, 0) is 9.59 Å². The number of halogens is 2. The molecule has 0 fully saturated rings. The van der Waals surface area contributed by atoms with Gasteiger partial charge in [0.05, 0.1) is 5.52 Å². The van der Waals surface area contributed by atoms with Crippen LogP contribution in [0, 0.1) is 13.8 Å². The van der Waals surface area contributed by atoms with Gasteiger partial charge in [0.2, 0.25) is 0 Å². The number of amides is 3. The fourth-order valence-electron chi connectivity index (χ4n) is 3.57. The molecule has 3 amide bonds. The largest absolute Gasteiger partial charge is 0.328 e. The van der Waals surface area contributed by atoms with Crippen LogP contribution in [0.5, 0.6) is 0 Å². The summed E-state index contributed by atoms with van der Waals surface area (Å²) in [5.41, 5.74) is 6.30. The van der Waals surface area contributed by atoms with Gasteiger partial charge in [0.1, 0.15) is 5.69 Å². The molecule has 0 saturated carbocycles. The van der Waals surface area contributed by atoms with Gasteiger partial charge in [0.15, 0.2) is 0 Å². The summed E-state index contributed by atoms with van der Waals surface area (Å²) in [7, 11) is 0. The molecule has 0 aliphatic carbocycles. The number of nitrogens with zero attached hydrogens (tertiary/aromatic N) is 1. The van der Waals surface area contributed by atoms with E-state index < -0.39 is 17.7 Å². The van der Waals surface area contributed by atoms with Crippen molar-refractivity contribution in [2.24, 2.45) is 0 Å². The Morgan fingerprint density at radius 3 is 2.15 bits per heavy atom. The van der Waals surface area contributed by atoms with E-state index in [0.717, 1.165) is 20.1 Å². The first-order valence-corrected chi connectivity index (χ1v) is 11.9. The lowest BCUT2D eigenvalue weighted by molar-refractivity contribution is -0.133. The molecule has 0 aliphatic heterocycles. The van der Waals surface area contributed by atoms with E-state index >= 15 is 0 Å². The van der Waals surface area contributed by atoms with Crippen LogP contribution in [0.15, 0.2) is 75.7 Å². The Kier molecular flexibility index (Phi) is 6.85. The molecule has 0 radical (unpaired) electrons. The SMILES string of the molecule is Cc1cccc(C)c1NC(=O)c1cc2cc(Br)ccc2n1NC(=O)C(=O)Nc1cccc(Br)c1. The molecule has 0 saturated heterocycles. The molecule has 4 rings (SSSR count). The highest BCUT2D eigenvalue weighted by atomic mass is 79.9. The van der Waals surface area contributed by atoms with E-state index in [9.17, 15) is 14.4 Å². The average Bonchev–Trinajstić information content (AvgIpc) is 3.13. The molecule has 4 aromatic rings. The van der Waals surface area contributed by atoms with E-state index in [1.54, 1.807) is 42.5 Å². The van der Waals surface area contributed by atoms with Crippen LogP contribution in [0.4, 0.5) is 11.4 Å². The minimum atomic E-state index is -0.915. The van der Waals surface area contributed by atoms with Crippen molar-refractivity contribution in [3.8, 4) is 0 Å². The fourth-order valence-corrected chi connectivity index (χ4v) is 4.35. The maximum absolute atomic E-state index is 13.3. The van der Waals surface area contributed by atoms with Gasteiger partial charge in [0.25, 0.3) is 5.91 Å². The molecule has 172 valence electrons. The van der Waals surface area contributed by atoms with Gasteiger partial charge >= 0.3 is 11.8 Å². The smallest absolute Gasteiger partial charge is 0.320 e. The zero-order chi connectivity index (χ0) is 24.4. The van der Waals surface area contributed by atoms with Crippen molar-refractivity contribution in [3.05, 3.63) is 92.5 Å². The Morgan fingerprint density at radius 1 is 0.765 bits per heavy atom. The quantitative estimate of drug-likeness (QED) is 0.267. The zero-order valence-electron chi connectivity index (χ0n) is 18.3. The lowest BCUT2D eigenvalue weighted by Crippen LogP contribution is -2.36. The van der Waals surface area contributed by atoms with E-state index in [4.69, 9.17) is 0 Å². The van der Waals surface area contributed by atoms with Gasteiger partial charge in [-0.1, -0.05) is 56.1 Å². The molecule has 1 aromatic heterocycles.